The van der Waals surface area contributed by atoms with E-state index in [2.05, 4.69) is 0 Å². The van der Waals surface area contributed by atoms with E-state index in [1.165, 1.54) is 0 Å². The molecule has 1 aliphatic heterocycles. The largest absolute Gasteiger partial charge is 0.467 e. The fraction of sp³-hybridized carbons (Fsp3) is 0.545. The van der Waals surface area contributed by atoms with Gasteiger partial charge in [-0.25, -0.2) is 0 Å². The topological polar surface area (TPSA) is 68.7 Å². The van der Waals surface area contributed by atoms with Crippen LogP contribution in [0.1, 0.15) is 12.2 Å². The Hall–Kier alpha value is -1.33. The maximum absolute atomic E-state index is 11.7. The Morgan fingerprint density at radius 2 is 2.44 bits per heavy atom. The van der Waals surface area contributed by atoms with Crippen LogP contribution in [0.2, 0.25) is 0 Å². The first-order valence-corrected chi connectivity index (χ1v) is 5.41. The maximum atomic E-state index is 11.7. The van der Waals surface area contributed by atoms with Gasteiger partial charge in [-0.3, -0.25) is 4.79 Å². The fourth-order valence-electron chi connectivity index (χ4n) is 1.88. The molecule has 2 heterocycles. The van der Waals surface area contributed by atoms with E-state index in [0.29, 0.717) is 19.7 Å². The minimum Gasteiger partial charge on any atom is -0.467 e. The zero-order valence-electron chi connectivity index (χ0n) is 9.09. The first kappa shape index (κ1) is 11.2. The van der Waals surface area contributed by atoms with Crippen LogP contribution in [0.3, 0.4) is 0 Å². The lowest BCUT2D eigenvalue weighted by molar-refractivity contribution is -0.149. The van der Waals surface area contributed by atoms with Crippen LogP contribution in [0.15, 0.2) is 22.8 Å². The third kappa shape index (κ3) is 2.43. The summed E-state index contributed by atoms with van der Waals surface area (Å²) in [6, 6.07) is 3.75. The fourth-order valence-corrected chi connectivity index (χ4v) is 1.88. The van der Waals surface area contributed by atoms with E-state index in [-0.39, 0.29) is 18.6 Å². The van der Waals surface area contributed by atoms with Gasteiger partial charge in [0.25, 0.3) is 0 Å². The lowest BCUT2D eigenvalue weighted by Gasteiger charge is -2.34. The Balaban J connectivity index is 2.04. The van der Waals surface area contributed by atoms with Crippen LogP contribution in [-0.2, 0) is 16.1 Å². The lowest BCUT2D eigenvalue weighted by Crippen LogP contribution is -2.49. The molecule has 0 aliphatic carbocycles. The predicted molar refractivity (Wildman–Crippen MR) is 57.5 cm³/mol. The van der Waals surface area contributed by atoms with E-state index in [0.717, 1.165) is 12.2 Å². The molecular weight excluding hydrogens is 208 g/mol. The number of amides is 1. The van der Waals surface area contributed by atoms with Gasteiger partial charge in [-0.05, 0) is 25.1 Å². The van der Waals surface area contributed by atoms with Gasteiger partial charge in [0.2, 0.25) is 5.91 Å². The van der Waals surface area contributed by atoms with E-state index in [9.17, 15) is 4.79 Å². The van der Waals surface area contributed by atoms with Crippen molar-refractivity contribution >= 4 is 5.91 Å². The van der Waals surface area contributed by atoms with Crippen molar-refractivity contribution in [3.05, 3.63) is 24.2 Å². The summed E-state index contributed by atoms with van der Waals surface area (Å²) >= 11 is 0. The molecule has 1 aromatic heterocycles. The number of hydrogen-bond donors (Lipinski definition) is 1. The smallest absolute Gasteiger partial charge is 0.249 e. The Kier molecular flexibility index (Phi) is 3.58. The SMILES string of the molecule is NCCC1COCC(=O)N1Cc1ccco1. The van der Waals surface area contributed by atoms with Crippen molar-refractivity contribution in [1.29, 1.82) is 0 Å². The van der Waals surface area contributed by atoms with Gasteiger partial charge in [0.1, 0.15) is 12.4 Å². The number of rotatable bonds is 4. The molecule has 1 aromatic rings. The number of carbonyl (C=O) groups is 1. The molecule has 1 fully saturated rings. The lowest BCUT2D eigenvalue weighted by atomic mass is 10.1. The first-order valence-electron chi connectivity index (χ1n) is 5.41. The average Bonchev–Trinajstić information content (AvgIpc) is 2.76. The van der Waals surface area contributed by atoms with Crippen molar-refractivity contribution in [2.75, 3.05) is 19.8 Å². The normalized spacial score (nSPS) is 21.4. The summed E-state index contributed by atoms with van der Waals surface area (Å²) in [4.78, 5) is 13.5. The highest BCUT2D eigenvalue weighted by atomic mass is 16.5. The van der Waals surface area contributed by atoms with E-state index in [4.69, 9.17) is 14.9 Å². The van der Waals surface area contributed by atoms with Gasteiger partial charge >= 0.3 is 0 Å². The van der Waals surface area contributed by atoms with Gasteiger partial charge in [-0.1, -0.05) is 0 Å². The molecule has 0 aromatic carbocycles. The van der Waals surface area contributed by atoms with Gasteiger partial charge in [0, 0.05) is 0 Å². The molecule has 1 atom stereocenters. The Bertz CT molecular complexity index is 335. The zero-order chi connectivity index (χ0) is 11.4. The average molecular weight is 224 g/mol. The van der Waals surface area contributed by atoms with Crippen LogP contribution in [0.4, 0.5) is 0 Å². The Morgan fingerprint density at radius 3 is 3.12 bits per heavy atom. The van der Waals surface area contributed by atoms with Crippen LogP contribution < -0.4 is 5.73 Å². The summed E-state index contributed by atoms with van der Waals surface area (Å²) in [7, 11) is 0. The predicted octanol–water partition coefficient (Wildman–Crippen LogP) is 0.356. The van der Waals surface area contributed by atoms with Gasteiger partial charge in [0.15, 0.2) is 0 Å². The number of morpholine rings is 1. The van der Waals surface area contributed by atoms with Crippen LogP contribution in [0.5, 0.6) is 0 Å². The second-order valence-electron chi connectivity index (χ2n) is 3.85. The van der Waals surface area contributed by atoms with Crippen molar-refractivity contribution < 1.29 is 13.9 Å². The van der Waals surface area contributed by atoms with Crippen molar-refractivity contribution in [3.8, 4) is 0 Å². The Morgan fingerprint density at radius 1 is 1.56 bits per heavy atom. The molecule has 2 rings (SSSR count). The monoisotopic (exact) mass is 224 g/mol. The third-order valence-corrected chi connectivity index (χ3v) is 2.70. The molecule has 0 radical (unpaired) electrons. The summed E-state index contributed by atoms with van der Waals surface area (Å²) in [6.07, 6.45) is 2.37. The number of furan rings is 1. The number of nitrogens with zero attached hydrogens (tertiary/aromatic N) is 1. The highest BCUT2D eigenvalue weighted by molar-refractivity contribution is 5.78. The quantitative estimate of drug-likeness (QED) is 0.801. The minimum atomic E-state index is 0.00102. The molecule has 1 amide bonds. The highest BCUT2D eigenvalue weighted by Gasteiger charge is 2.28. The molecule has 16 heavy (non-hydrogen) atoms. The number of carbonyl (C=O) groups excluding carboxylic acids is 1. The summed E-state index contributed by atoms with van der Waals surface area (Å²) in [5.41, 5.74) is 5.52. The molecule has 1 unspecified atom stereocenters. The summed E-state index contributed by atoms with van der Waals surface area (Å²) in [5.74, 6) is 0.790. The van der Waals surface area contributed by atoms with Crippen molar-refractivity contribution in [2.24, 2.45) is 5.73 Å². The number of hydrogen-bond acceptors (Lipinski definition) is 4. The molecule has 5 heteroatoms. The number of ether oxygens (including phenoxy) is 1. The third-order valence-electron chi connectivity index (χ3n) is 2.70. The second kappa shape index (κ2) is 5.14. The van der Waals surface area contributed by atoms with Gasteiger partial charge in [-0.15, -0.1) is 0 Å². The summed E-state index contributed by atoms with van der Waals surface area (Å²) < 4.78 is 10.5. The molecule has 0 saturated carbocycles. The zero-order valence-corrected chi connectivity index (χ0v) is 9.09. The maximum Gasteiger partial charge on any atom is 0.249 e. The van der Waals surface area contributed by atoms with Crippen molar-refractivity contribution in [2.45, 2.75) is 19.0 Å². The molecular formula is C11H16N2O3. The molecule has 5 nitrogen and oxygen atoms in total. The molecule has 88 valence electrons. The molecule has 1 aliphatic rings. The van der Waals surface area contributed by atoms with Crippen LogP contribution in [-0.4, -0.2) is 36.6 Å². The second-order valence-corrected chi connectivity index (χ2v) is 3.85. The van der Waals surface area contributed by atoms with Crippen LogP contribution in [0, 0.1) is 0 Å². The van der Waals surface area contributed by atoms with Gasteiger partial charge in [-0.2, -0.15) is 0 Å². The van der Waals surface area contributed by atoms with Crippen molar-refractivity contribution in [3.63, 3.8) is 0 Å². The van der Waals surface area contributed by atoms with E-state index in [1.54, 1.807) is 11.2 Å². The van der Waals surface area contributed by atoms with Crippen LogP contribution in [0.25, 0.3) is 0 Å². The van der Waals surface area contributed by atoms with Gasteiger partial charge in [0.05, 0.1) is 25.5 Å². The highest BCUT2D eigenvalue weighted by Crippen LogP contribution is 2.15. The minimum absolute atomic E-state index is 0.00102. The van der Waals surface area contributed by atoms with E-state index < -0.39 is 0 Å². The molecule has 0 spiro atoms. The van der Waals surface area contributed by atoms with Crippen LogP contribution >= 0.6 is 0 Å². The molecule has 0 bridgehead atoms. The first-order chi connectivity index (χ1) is 7.81. The summed E-state index contributed by atoms with van der Waals surface area (Å²) in [6.45, 7) is 1.77. The molecule has 1 saturated heterocycles. The van der Waals surface area contributed by atoms with Crippen molar-refractivity contribution in [1.82, 2.24) is 4.90 Å². The molecule has 2 N–H and O–H groups in total. The Labute approximate surface area is 94.1 Å². The number of nitrogens with two attached hydrogens (primary N) is 1. The van der Waals surface area contributed by atoms with Gasteiger partial charge < -0.3 is 19.8 Å². The van der Waals surface area contributed by atoms with E-state index >= 15 is 0 Å². The van der Waals surface area contributed by atoms with E-state index in [1.807, 2.05) is 12.1 Å². The standard InChI is InChI=1S/C11H16N2O3/c12-4-3-9-7-15-8-11(14)13(9)6-10-2-1-5-16-10/h1-2,5,9H,3-4,6-8,12H2. The summed E-state index contributed by atoms with van der Waals surface area (Å²) in [5, 5.41) is 0.